The molecule has 1 amide bonds. The molecule has 6 nitrogen and oxygen atoms in total. The molecule has 1 aromatic carbocycles. The normalized spacial score (nSPS) is 22.7. The zero-order valence-electron chi connectivity index (χ0n) is 14.9. The van der Waals surface area contributed by atoms with E-state index in [2.05, 4.69) is 50.7 Å². The Labute approximate surface area is 148 Å². The van der Waals surface area contributed by atoms with E-state index in [1.807, 2.05) is 18.4 Å². The molecular weight excluding hydrogens is 314 g/mol. The van der Waals surface area contributed by atoms with E-state index in [-0.39, 0.29) is 11.9 Å². The number of benzene rings is 1. The average molecular weight is 339 g/mol. The van der Waals surface area contributed by atoms with Crippen LogP contribution >= 0.6 is 0 Å². The number of likely N-dealkylation sites (tertiary alicyclic amines) is 1. The van der Waals surface area contributed by atoms with Gasteiger partial charge in [-0.05, 0) is 31.2 Å². The van der Waals surface area contributed by atoms with Crippen molar-refractivity contribution in [2.24, 2.45) is 11.8 Å². The molecule has 0 saturated carbocycles. The molecule has 6 heteroatoms. The Bertz CT molecular complexity index is 754. The van der Waals surface area contributed by atoms with E-state index in [1.54, 1.807) is 0 Å². The zero-order chi connectivity index (χ0) is 17.4. The number of hydrogen-bond acceptors (Lipinski definition) is 4. The highest BCUT2D eigenvalue weighted by atomic mass is 16.2. The molecule has 0 bridgehead atoms. The smallest absolute Gasteiger partial charge is 0.289 e. The first-order valence-electron chi connectivity index (χ1n) is 9.09. The minimum absolute atomic E-state index is 0.102. The van der Waals surface area contributed by atoms with Gasteiger partial charge in [0.05, 0.1) is 0 Å². The summed E-state index contributed by atoms with van der Waals surface area (Å²) in [6.07, 6.45) is 0.915. The van der Waals surface area contributed by atoms with Crippen LogP contribution in [0.5, 0.6) is 0 Å². The maximum atomic E-state index is 12.3. The summed E-state index contributed by atoms with van der Waals surface area (Å²) in [5.41, 5.74) is 1.36. The number of hydrogen-bond donors (Lipinski definition) is 1. The Kier molecular flexibility index (Phi) is 4.29. The maximum absolute atomic E-state index is 12.3. The first-order chi connectivity index (χ1) is 12.1. The first-order valence-corrected chi connectivity index (χ1v) is 9.09. The molecule has 1 N–H and O–H groups in total. The van der Waals surface area contributed by atoms with Crippen LogP contribution in [0.25, 0.3) is 0 Å². The van der Waals surface area contributed by atoms with Crippen LogP contribution < -0.4 is 5.32 Å². The van der Waals surface area contributed by atoms with Crippen molar-refractivity contribution in [3.63, 3.8) is 0 Å². The number of nitrogens with one attached hydrogen (secondary N) is 1. The van der Waals surface area contributed by atoms with Gasteiger partial charge in [0.15, 0.2) is 0 Å². The van der Waals surface area contributed by atoms with E-state index >= 15 is 0 Å². The molecule has 0 radical (unpaired) electrons. The highest BCUT2D eigenvalue weighted by Gasteiger charge is 2.39. The third-order valence-electron chi connectivity index (χ3n) is 5.21. The van der Waals surface area contributed by atoms with Gasteiger partial charge in [-0.1, -0.05) is 30.3 Å². The van der Waals surface area contributed by atoms with E-state index in [1.165, 1.54) is 5.56 Å². The van der Waals surface area contributed by atoms with Crippen molar-refractivity contribution in [1.29, 1.82) is 0 Å². The molecule has 25 heavy (non-hydrogen) atoms. The summed E-state index contributed by atoms with van der Waals surface area (Å²) in [7, 11) is 0. The van der Waals surface area contributed by atoms with Crippen LogP contribution in [0.2, 0.25) is 0 Å². The molecule has 0 aliphatic carbocycles. The van der Waals surface area contributed by atoms with Gasteiger partial charge in [-0.15, -0.1) is 10.2 Å². The minimum atomic E-state index is -0.119. The van der Waals surface area contributed by atoms with Crippen molar-refractivity contribution < 1.29 is 4.79 Å². The lowest BCUT2D eigenvalue weighted by Gasteiger charge is -2.25. The molecule has 2 atom stereocenters. The largest absolute Gasteiger partial charge is 0.347 e. The summed E-state index contributed by atoms with van der Waals surface area (Å²) in [5, 5.41) is 11.4. The van der Waals surface area contributed by atoms with Crippen molar-refractivity contribution >= 4 is 5.91 Å². The lowest BCUT2D eigenvalue weighted by atomic mass is 9.89. The van der Waals surface area contributed by atoms with Crippen LogP contribution in [0, 0.1) is 11.8 Å². The Morgan fingerprint density at radius 1 is 1.16 bits per heavy atom. The van der Waals surface area contributed by atoms with E-state index in [9.17, 15) is 4.79 Å². The van der Waals surface area contributed by atoms with E-state index in [0.29, 0.717) is 17.7 Å². The van der Waals surface area contributed by atoms with Crippen molar-refractivity contribution in [2.45, 2.75) is 39.4 Å². The Morgan fingerprint density at radius 3 is 2.68 bits per heavy atom. The monoisotopic (exact) mass is 339 g/mol. The summed E-state index contributed by atoms with van der Waals surface area (Å²) in [5.74, 6) is 2.48. The topological polar surface area (TPSA) is 63.1 Å². The maximum Gasteiger partial charge on any atom is 0.289 e. The second kappa shape index (κ2) is 6.59. The van der Waals surface area contributed by atoms with Gasteiger partial charge in [-0.25, -0.2) is 0 Å². The molecular formula is C19H25N5O. The molecule has 132 valence electrons. The second-order valence-electron chi connectivity index (χ2n) is 7.58. The molecule has 4 rings (SSSR count). The lowest BCUT2D eigenvalue weighted by Crippen LogP contribution is -2.35. The van der Waals surface area contributed by atoms with Gasteiger partial charge in [0.1, 0.15) is 5.82 Å². The van der Waals surface area contributed by atoms with Crippen molar-refractivity contribution in [3.05, 3.63) is 47.5 Å². The number of amides is 1. The average Bonchev–Trinajstić information content (AvgIpc) is 3.15. The molecule has 0 spiro atoms. The summed E-state index contributed by atoms with van der Waals surface area (Å²) in [6, 6.07) is 10.7. The van der Waals surface area contributed by atoms with Crippen LogP contribution in [-0.4, -0.2) is 44.7 Å². The van der Waals surface area contributed by atoms with Crippen molar-refractivity contribution in [2.75, 3.05) is 13.1 Å². The van der Waals surface area contributed by atoms with Gasteiger partial charge in [-0.3, -0.25) is 9.69 Å². The van der Waals surface area contributed by atoms with Crippen molar-refractivity contribution in [1.82, 2.24) is 25.0 Å². The molecule has 2 aliphatic heterocycles. The number of nitrogens with zero attached hydrogens (tertiary/aromatic N) is 4. The van der Waals surface area contributed by atoms with Crippen LogP contribution in [0.15, 0.2) is 30.3 Å². The Morgan fingerprint density at radius 2 is 1.92 bits per heavy atom. The molecule has 0 unspecified atom stereocenters. The van der Waals surface area contributed by atoms with Gasteiger partial charge in [0, 0.05) is 38.6 Å². The van der Waals surface area contributed by atoms with Gasteiger partial charge in [0.2, 0.25) is 5.82 Å². The van der Waals surface area contributed by atoms with Gasteiger partial charge < -0.3 is 9.88 Å². The fourth-order valence-corrected chi connectivity index (χ4v) is 4.09. The first kappa shape index (κ1) is 16.3. The third-order valence-corrected chi connectivity index (χ3v) is 5.21. The fraction of sp³-hybridized carbons (Fsp3) is 0.526. The summed E-state index contributed by atoms with van der Waals surface area (Å²) in [6.45, 7) is 7.93. The number of carbonyl (C=O) groups is 1. The van der Waals surface area contributed by atoms with Gasteiger partial charge in [-0.2, -0.15) is 0 Å². The van der Waals surface area contributed by atoms with E-state index in [0.717, 1.165) is 38.4 Å². The third kappa shape index (κ3) is 3.31. The lowest BCUT2D eigenvalue weighted by molar-refractivity contribution is 0.0924. The fourth-order valence-electron chi connectivity index (χ4n) is 4.09. The highest BCUT2D eigenvalue weighted by molar-refractivity contribution is 5.90. The van der Waals surface area contributed by atoms with E-state index in [4.69, 9.17) is 0 Å². The molecule has 2 aromatic rings. The predicted molar refractivity (Wildman–Crippen MR) is 95.0 cm³/mol. The molecule has 2 aliphatic rings. The van der Waals surface area contributed by atoms with Crippen LogP contribution in [0.1, 0.15) is 35.9 Å². The minimum Gasteiger partial charge on any atom is -0.347 e. The molecule has 3 heterocycles. The summed E-state index contributed by atoms with van der Waals surface area (Å²) < 4.78 is 2.03. The van der Waals surface area contributed by atoms with E-state index < -0.39 is 0 Å². The summed E-state index contributed by atoms with van der Waals surface area (Å²) >= 11 is 0. The highest BCUT2D eigenvalue weighted by Crippen LogP contribution is 2.33. The zero-order valence-corrected chi connectivity index (χ0v) is 14.9. The summed E-state index contributed by atoms with van der Waals surface area (Å²) in [4.78, 5) is 14.9. The van der Waals surface area contributed by atoms with Gasteiger partial charge >= 0.3 is 0 Å². The molecule has 1 saturated heterocycles. The number of aromatic nitrogens is 3. The number of rotatable bonds is 4. The van der Waals surface area contributed by atoms with Crippen LogP contribution in [0.4, 0.5) is 0 Å². The SMILES string of the molecule is CC(C)NC(=O)c1nnc2n1C[C@@H]1CN(Cc3ccccc3)C[C@@H]1C2. The van der Waals surface area contributed by atoms with Crippen LogP contribution in [-0.2, 0) is 19.5 Å². The quantitative estimate of drug-likeness (QED) is 0.921. The number of fused-ring (bicyclic) bond motifs is 2. The van der Waals surface area contributed by atoms with Gasteiger partial charge in [0.25, 0.3) is 5.91 Å². The Balaban J connectivity index is 1.45. The second-order valence-corrected chi connectivity index (χ2v) is 7.58. The molecule has 1 fully saturated rings. The predicted octanol–water partition coefficient (Wildman–Crippen LogP) is 1.72. The molecule has 1 aromatic heterocycles. The Hall–Kier alpha value is -2.21. The van der Waals surface area contributed by atoms with Crippen molar-refractivity contribution in [3.8, 4) is 0 Å². The number of carbonyl (C=O) groups excluding carboxylic acids is 1. The van der Waals surface area contributed by atoms with Crippen LogP contribution in [0.3, 0.4) is 0 Å². The standard InChI is InChI=1S/C19H25N5O/c1-13(2)20-19(25)18-22-21-17-8-15-10-23(11-16(15)12-24(17)18)9-14-6-4-3-5-7-14/h3-7,13,15-16H,8-12H2,1-2H3,(H,20,25)/t15-,16-/m0/s1.